The maximum atomic E-state index is 13.2. The maximum absolute atomic E-state index is 13.2. The zero-order valence-electron chi connectivity index (χ0n) is 9.24. The molecule has 0 saturated carbocycles. The van der Waals surface area contributed by atoms with E-state index in [0.29, 0.717) is 18.5 Å². The van der Waals surface area contributed by atoms with Gasteiger partial charge in [-0.25, -0.2) is 4.39 Å². The van der Waals surface area contributed by atoms with E-state index in [1.54, 1.807) is 25.1 Å². The fourth-order valence-corrected chi connectivity index (χ4v) is 1.49. The summed E-state index contributed by atoms with van der Waals surface area (Å²) in [7, 11) is 0. The van der Waals surface area contributed by atoms with Crippen molar-refractivity contribution in [3.8, 4) is 0 Å². The molecule has 1 atom stereocenters. The molecule has 2 N–H and O–H groups in total. The lowest BCUT2D eigenvalue weighted by Gasteiger charge is -2.11. The van der Waals surface area contributed by atoms with Gasteiger partial charge in [-0.05, 0) is 31.5 Å². The van der Waals surface area contributed by atoms with Gasteiger partial charge in [0.2, 0.25) is 0 Å². The zero-order chi connectivity index (χ0) is 12.0. The second-order valence-electron chi connectivity index (χ2n) is 3.79. The van der Waals surface area contributed by atoms with Gasteiger partial charge in [-0.3, -0.25) is 4.79 Å². The Bertz CT molecular complexity index is 355. The molecule has 0 radical (unpaired) electrons. The van der Waals surface area contributed by atoms with E-state index in [1.165, 1.54) is 6.07 Å². The van der Waals surface area contributed by atoms with Crippen molar-refractivity contribution in [2.45, 2.75) is 25.8 Å². The first kappa shape index (κ1) is 12.6. The number of hydrogen-bond acceptors (Lipinski definition) is 2. The number of benzene rings is 1. The van der Waals surface area contributed by atoms with Gasteiger partial charge in [-0.2, -0.15) is 0 Å². The third kappa shape index (κ3) is 4.40. The Labute approximate surface area is 94.3 Å². The lowest BCUT2D eigenvalue weighted by Crippen LogP contribution is -2.30. The summed E-state index contributed by atoms with van der Waals surface area (Å²) < 4.78 is 13.2. The largest absolute Gasteiger partial charge is 0.481 e. The van der Waals surface area contributed by atoms with E-state index in [2.05, 4.69) is 5.32 Å². The summed E-state index contributed by atoms with van der Waals surface area (Å²) in [4.78, 5) is 10.4. The Hall–Kier alpha value is -1.42. The van der Waals surface area contributed by atoms with Gasteiger partial charge in [0.15, 0.2) is 0 Å². The second kappa shape index (κ2) is 6.23. The number of nitrogens with one attached hydrogen (secondary N) is 1. The van der Waals surface area contributed by atoms with Crippen LogP contribution in [0.2, 0.25) is 0 Å². The van der Waals surface area contributed by atoms with Crippen molar-refractivity contribution in [3.63, 3.8) is 0 Å². The molecule has 0 fully saturated rings. The van der Waals surface area contributed by atoms with Crippen LogP contribution in [-0.4, -0.2) is 23.7 Å². The number of carbonyl (C=O) groups is 1. The summed E-state index contributed by atoms with van der Waals surface area (Å²) in [6.45, 7) is 2.38. The molecule has 0 spiro atoms. The second-order valence-corrected chi connectivity index (χ2v) is 3.79. The number of carboxylic acid groups (broad SMARTS) is 1. The van der Waals surface area contributed by atoms with Crippen LogP contribution < -0.4 is 5.32 Å². The molecule has 16 heavy (non-hydrogen) atoms. The van der Waals surface area contributed by atoms with Crippen LogP contribution >= 0.6 is 0 Å². The highest BCUT2D eigenvalue weighted by Gasteiger charge is 2.06. The standard InChI is InChI=1S/C12H16FNO2/c1-9(8-12(15)16)14-7-6-10-4-2-3-5-11(10)13/h2-5,9,14H,6-8H2,1H3,(H,15,16). The van der Waals surface area contributed by atoms with Crippen molar-refractivity contribution < 1.29 is 14.3 Å². The Balaban J connectivity index is 2.30. The predicted octanol–water partition coefficient (Wildman–Crippen LogP) is 1.82. The molecule has 4 heteroatoms. The molecule has 0 aliphatic rings. The maximum Gasteiger partial charge on any atom is 0.304 e. The van der Waals surface area contributed by atoms with E-state index >= 15 is 0 Å². The van der Waals surface area contributed by atoms with Gasteiger partial charge in [0.1, 0.15) is 5.82 Å². The van der Waals surface area contributed by atoms with Gasteiger partial charge < -0.3 is 10.4 Å². The molecule has 0 aliphatic heterocycles. The summed E-state index contributed by atoms with van der Waals surface area (Å²) in [6.07, 6.45) is 0.647. The minimum absolute atomic E-state index is 0.0806. The van der Waals surface area contributed by atoms with Crippen LogP contribution in [0, 0.1) is 5.82 Å². The van der Waals surface area contributed by atoms with Gasteiger partial charge in [-0.15, -0.1) is 0 Å². The molecule has 0 heterocycles. The lowest BCUT2D eigenvalue weighted by atomic mass is 10.1. The summed E-state index contributed by atoms with van der Waals surface area (Å²) in [5.74, 6) is -1.04. The van der Waals surface area contributed by atoms with E-state index in [-0.39, 0.29) is 18.3 Å². The smallest absolute Gasteiger partial charge is 0.304 e. The molecule has 1 aromatic rings. The molecule has 1 aromatic carbocycles. The number of rotatable bonds is 6. The average molecular weight is 225 g/mol. The van der Waals surface area contributed by atoms with Crippen molar-refractivity contribution in [1.29, 1.82) is 0 Å². The molecule has 0 aliphatic carbocycles. The molecular weight excluding hydrogens is 209 g/mol. The van der Waals surface area contributed by atoms with Crippen molar-refractivity contribution >= 4 is 5.97 Å². The topological polar surface area (TPSA) is 49.3 Å². The van der Waals surface area contributed by atoms with Gasteiger partial charge in [-0.1, -0.05) is 18.2 Å². The number of halogens is 1. The molecule has 0 aromatic heterocycles. The molecule has 1 rings (SSSR count). The highest BCUT2D eigenvalue weighted by atomic mass is 19.1. The molecule has 0 amide bonds. The molecule has 0 saturated heterocycles. The summed E-state index contributed by atoms with van der Waals surface area (Å²) in [5.41, 5.74) is 0.650. The Morgan fingerprint density at radius 1 is 1.50 bits per heavy atom. The third-order valence-electron chi connectivity index (χ3n) is 2.33. The summed E-state index contributed by atoms with van der Waals surface area (Å²) in [6, 6.07) is 6.51. The van der Waals surface area contributed by atoms with Crippen LogP contribution in [0.1, 0.15) is 18.9 Å². The van der Waals surface area contributed by atoms with Crippen LogP contribution in [-0.2, 0) is 11.2 Å². The zero-order valence-corrected chi connectivity index (χ0v) is 9.24. The predicted molar refractivity (Wildman–Crippen MR) is 59.8 cm³/mol. The van der Waals surface area contributed by atoms with Crippen molar-refractivity contribution in [2.75, 3.05) is 6.54 Å². The van der Waals surface area contributed by atoms with E-state index in [4.69, 9.17) is 5.11 Å². The molecule has 0 bridgehead atoms. The summed E-state index contributed by atoms with van der Waals surface area (Å²) in [5, 5.41) is 11.6. The van der Waals surface area contributed by atoms with Crippen molar-refractivity contribution in [2.24, 2.45) is 0 Å². The average Bonchev–Trinajstić information content (AvgIpc) is 2.19. The van der Waals surface area contributed by atoms with E-state index in [0.717, 1.165) is 0 Å². The molecule has 88 valence electrons. The molecule has 1 unspecified atom stereocenters. The fraction of sp³-hybridized carbons (Fsp3) is 0.417. The number of carboxylic acids is 1. The first-order valence-electron chi connectivity index (χ1n) is 5.28. The van der Waals surface area contributed by atoms with Crippen LogP contribution in [0.5, 0.6) is 0 Å². The Morgan fingerprint density at radius 2 is 2.19 bits per heavy atom. The Morgan fingerprint density at radius 3 is 2.81 bits per heavy atom. The SMILES string of the molecule is CC(CC(=O)O)NCCc1ccccc1F. The first-order valence-corrected chi connectivity index (χ1v) is 5.28. The normalized spacial score (nSPS) is 12.4. The van der Waals surface area contributed by atoms with Gasteiger partial charge >= 0.3 is 5.97 Å². The molecule has 3 nitrogen and oxygen atoms in total. The van der Waals surface area contributed by atoms with Gasteiger partial charge in [0.05, 0.1) is 6.42 Å². The van der Waals surface area contributed by atoms with Crippen LogP contribution in [0.25, 0.3) is 0 Å². The van der Waals surface area contributed by atoms with E-state index < -0.39 is 5.97 Å². The van der Waals surface area contributed by atoms with Crippen molar-refractivity contribution in [3.05, 3.63) is 35.6 Å². The van der Waals surface area contributed by atoms with Crippen molar-refractivity contribution in [1.82, 2.24) is 5.32 Å². The van der Waals surface area contributed by atoms with Gasteiger partial charge in [0, 0.05) is 6.04 Å². The van der Waals surface area contributed by atoms with E-state index in [1.807, 2.05) is 0 Å². The Kier molecular flexibility index (Phi) is 4.92. The fourth-order valence-electron chi connectivity index (χ4n) is 1.49. The van der Waals surface area contributed by atoms with Crippen LogP contribution in [0.4, 0.5) is 4.39 Å². The van der Waals surface area contributed by atoms with Crippen LogP contribution in [0.15, 0.2) is 24.3 Å². The third-order valence-corrected chi connectivity index (χ3v) is 2.33. The monoisotopic (exact) mass is 225 g/mol. The lowest BCUT2D eigenvalue weighted by molar-refractivity contribution is -0.137. The first-order chi connectivity index (χ1) is 7.59. The summed E-state index contributed by atoms with van der Waals surface area (Å²) >= 11 is 0. The number of aliphatic carboxylic acids is 1. The highest BCUT2D eigenvalue weighted by molar-refractivity contribution is 5.67. The minimum Gasteiger partial charge on any atom is -0.481 e. The molecular formula is C12H16FNO2. The highest BCUT2D eigenvalue weighted by Crippen LogP contribution is 2.06. The number of hydrogen-bond donors (Lipinski definition) is 2. The minimum atomic E-state index is -0.828. The quantitative estimate of drug-likeness (QED) is 0.776. The van der Waals surface area contributed by atoms with E-state index in [9.17, 15) is 9.18 Å². The van der Waals surface area contributed by atoms with Gasteiger partial charge in [0.25, 0.3) is 0 Å². The van der Waals surface area contributed by atoms with Crippen LogP contribution in [0.3, 0.4) is 0 Å².